The summed E-state index contributed by atoms with van der Waals surface area (Å²) >= 11 is 0. The van der Waals surface area contributed by atoms with E-state index >= 15 is 0 Å². The number of carbonyl (C=O) groups excluding carboxylic acids is 1. The molecule has 1 aliphatic carbocycles. The van der Waals surface area contributed by atoms with Gasteiger partial charge in [0, 0.05) is 19.0 Å². The van der Waals surface area contributed by atoms with Crippen molar-refractivity contribution in [2.24, 2.45) is 11.7 Å². The maximum Gasteiger partial charge on any atom is 0.222 e. The largest absolute Gasteiger partial charge is 0.395 e. The van der Waals surface area contributed by atoms with Crippen LogP contribution < -0.4 is 5.73 Å². The van der Waals surface area contributed by atoms with Crippen molar-refractivity contribution >= 4 is 5.91 Å². The van der Waals surface area contributed by atoms with Gasteiger partial charge in [-0.05, 0) is 38.1 Å². The minimum Gasteiger partial charge on any atom is -0.395 e. The summed E-state index contributed by atoms with van der Waals surface area (Å²) in [7, 11) is 0. The highest BCUT2D eigenvalue weighted by Crippen LogP contribution is 2.23. The zero-order valence-corrected chi connectivity index (χ0v) is 12.3. The molecule has 0 aromatic heterocycles. The molecule has 3 N–H and O–H groups in total. The van der Waals surface area contributed by atoms with E-state index in [2.05, 4.69) is 6.92 Å². The second-order valence-corrected chi connectivity index (χ2v) is 5.82. The molecule has 0 radical (unpaired) electrons. The lowest BCUT2D eigenvalue weighted by Gasteiger charge is -2.34. The van der Waals surface area contributed by atoms with Crippen LogP contribution in [0.5, 0.6) is 0 Å². The summed E-state index contributed by atoms with van der Waals surface area (Å²) in [5.74, 6) is 0.723. The first-order chi connectivity index (χ1) is 9.19. The number of aliphatic hydroxyl groups excluding tert-OH is 1. The first-order valence-electron chi connectivity index (χ1n) is 7.79. The Morgan fingerprint density at radius 2 is 2.00 bits per heavy atom. The fraction of sp³-hybridized carbons (Fsp3) is 0.933. The third-order valence-electron chi connectivity index (χ3n) is 4.19. The molecule has 0 saturated heterocycles. The van der Waals surface area contributed by atoms with Crippen molar-refractivity contribution in [2.75, 3.05) is 19.7 Å². The number of nitrogens with zero attached hydrogens (tertiary/aromatic N) is 1. The molecule has 19 heavy (non-hydrogen) atoms. The van der Waals surface area contributed by atoms with Gasteiger partial charge in [0.1, 0.15) is 0 Å². The molecule has 0 bridgehead atoms. The minimum atomic E-state index is 0.0700. The third kappa shape index (κ3) is 5.91. The molecule has 0 aromatic carbocycles. The molecule has 1 amide bonds. The van der Waals surface area contributed by atoms with E-state index in [4.69, 9.17) is 10.8 Å². The van der Waals surface area contributed by atoms with Crippen LogP contribution in [0.2, 0.25) is 0 Å². The van der Waals surface area contributed by atoms with Gasteiger partial charge < -0.3 is 15.7 Å². The van der Waals surface area contributed by atoms with E-state index in [1.54, 1.807) is 0 Å². The predicted octanol–water partition coefficient (Wildman–Crippen LogP) is 1.91. The first kappa shape index (κ1) is 16.4. The SMILES string of the molecule is CC(CCN)CCC(=O)N(CCO)C1CCCCC1. The van der Waals surface area contributed by atoms with Crippen LogP contribution in [0.3, 0.4) is 0 Å². The lowest BCUT2D eigenvalue weighted by atomic mass is 9.93. The van der Waals surface area contributed by atoms with Crippen LogP contribution in [0.15, 0.2) is 0 Å². The Morgan fingerprint density at radius 3 is 2.58 bits per heavy atom. The monoisotopic (exact) mass is 270 g/mol. The Bertz CT molecular complexity index is 253. The van der Waals surface area contributed by atoms with E-state index in [0.717, 1.165) is 25.7 Å². The van der Waals surface area contributed by atoms with Crippen molar-refractivity contribution in [3.8, 4) is 0 Å². The highest BCUT2D eigenvalue weighted by molar-refractivity contribution is 5.76. The molecular weight excluding hydrogens is 240 g/mol. The second kappa shape index (κ2) is 9.32. The Morgan fingerprint density at radius 1 is 1.32 bits per heavy atom. The van der Waals surface area contributed by atoms with E-state index in [0.29, 0.717) is 31.5 Å². The van der Waals surface area contributed by atoms with Crippen LogP contribution in [0.4, 0.5) is 0 Å². The topological polar surface area (TPSA) is 66.6 Å². The molecule has 1 aliphatic rings. The molecule has 1 fully saturated rings. The standard InChI is InChI=1S/C15H30N2O2/c1-13(9-10-16)7-8-15(19)17(11-12-18)14-5-3-2-4-6-14/h13-14,18H,2-12,16H2,1H3. The Balaban J connectivity index is 2.42. The molecule has 0 spiro atoms. The molecule has 0 aliphatic heterocycles. The summed E-state index contributed by atoms with van der Waals surface area (Å²) in [6.07, 6.45) is 8.39. The van der Waals surface area contributed by atoms with Crippen LogP contribution in [0, 0.1) is 5.92 Å². The predicted molar refractivity (Wildman–Crippen MR) is 77.7 cm³/mol. The van der Waals surface area contributed by atoms with E-state index in [1.165, 1.54) is 19.3 Å². The molecule has 0 heterocycles. The summed E-state index contributed by atoms with van der Waals surface area (Å²) in [4.78, 5) is 14.2. The van der Waals surface area contributed by atoms with Crippen molar-refractivity contribution in [3.63, 3.8) is 0 Å². The van der Waals surface area contributed by atoms with Crippen LogP contribution >= 0.6 is 0 Å². The van der Waals surface area contributed by atoms with Crippen LogP contribution in [-0.4, -0.2) is 41.7 Å². The number of rotatable bonds is 8. The highest BCUT2D eigenvalue weighted by Gasteiger charge is 2.24. The number of nitrogens with two attached hydrogens (primary N) is 1. The summed E-state index contributed by atoms with van der Waals surface area (Å²) in [6.45, 7) is 3.41. The third-order valence-corrected chi connectivity index (χ3v) is 4.19. The molecule has 112 valence electrons. The molecular formula is C15H30N2O2. The normalized spacial score (nSPS) is 18.3. The Labute approximate surface area is 117 Å². The number of carbonyl (C=O) groups is 1. The van der Waals surface area contributed by atoms with E-state index in [1.807, 2.05) is 4.90 Å². The molecule has 1 rings (SSSR count). The summed E-state index contributed by atoms with van der Waals surface area (Å²) < 4.78 is 0. The molecule has 1 atom stereocenters. The highest BCUT2D eigenvalue weighted by atomic mass is 16.3. The molecule has 1 unspecified atom stereocenters. The van der Waals surface area contributed by atoms with Crippen molar-refractivity contribution < 1.29 is 9.90 Å². The van der Waals surface area contributed by atoms with Crippen molar-refractivity contribution in [1.82, 2.24) is 4.90 Å². The van der Waals surface area contributed by atoms with Gasteiger partial charge in [-0.25, -0.2) is 0 Å². The second-order valence-electron chi connectivity index (χ2n) is 5.82. The number of hydrogen-bond donors (Lipinski definition) is 2. The summed E-state index contributed by atoms with van der Waals surface area (Å²) in [5, 5.41) is 9.17. The van der Waals surface area contributed by atoms with Crippen molar-refractivity contribution in [3.05, 3.63) is 0 Å². The quantitative estimate of drug-likeness (QED) is 0.708. The molecule has 1 saturated carbocycles. The van der Waals surface area contributed by atoms with Crippen LogP contribution in [0.1, 0.15) is 58.3 Å². The fourth-order valence-electron chi connectivity index (χ4n) is 2.95. The average molecular weight is 270 g/mol. The van der Waals surface area contributed by atoms with E-state index in [-0.39, 0.29) is 12.5 Å². The van der Waals surface area contributed by atoms with Crippen molar-refractivity contribution in [1.29, 1.82) is 0 Å². The van der Waals surface area contributed by atoms with Gasteiger partial charge in [0.15, 0.2) is 0 Å². The summed E-state index contributed by atoms with van der Waals surface area (Å²) in [6, 6.07) is 0.359. The molecule has 4 nitrogen and oxygen atoms in total. The average Bonchev–Trinajstić information content (AvgIpc) is 2.43. The number of amides is 1. The van der Waals surface area contributed by atoms with Crippen molar-refractivity contribution in [2.45, 2.75) is 64.3 Å². The van der Waals surface area contributed by atoms with Gasteiger partial charge in [-0.1, -0.05) is 26.2 Å². The van der Waals surface area contributed by atoms with Gasteiger partial charge >= 0.3 is 0 Å². The smallest absolute Gasteiger partial charge is 0.222 e. The number of hydrogen-bond acceptors (Lipinski definition) is 3. The Hall–Kier alpha value is -0.610. The Kier molecular flexibility index (Phi) is 8.07. The van der Waals surface area contributed by atoms with Crippen LogP contribution in [-0.2, 0) is 4.79 Å². The zero-order valence-electron chi connectivity index (χ0n) is 12.3. The molecule has 0 aromatic rings. The lowest BCUT2D eigenvalue weighted by molar-refractivity contribution is -0.135. The minimum absolute atomic E-state index is 0.0700. The van der Waals surface area contributed by atoms with Gasteiger partial charge in [-0.15, -0.1) is 0 Å². The summed E-state index contributed by atoms with van der Waals surface area (Å²) in [5.41, 5.74) is 5.53. The van der Waals surface area contributed by atoms with E-state index < -0.39 is 0 Å². The van der Waals surface area contributed by atoms with Gasteiger partial charge in [0.2, 0.25) is 5.91 Å². The molecule has 4 heteroatoms. The number of aliphatic hydroxyl groups is 1. The van der Waals surface area contributed by atoms with Crippen LogP contribution in [0.25, 0.3) is 0 Å². The van der Waals surface area contributed by atoms with Gasteiger partial charge in [0.05, 0.1) is 6.61 Å². The first-order valence-corrected chi connectivity index (χ1v) is 7.79. The zero-order chi connectivity index (χ0) is 14.1. The van der Waals surface area contributed by atoms with E-state index in [9.17, 15) is 4.79 Å². The van der Waals surface area contributed by atoms with Gasteiger partial charge in [0.25, 0.3) is 0 Å². The maximum atomic E-state index is 12.3. The van der Waals surface area contributed by atoms with Gasteiger partial charge in [-0.2, -0.15) is 0 Å². The van der Waals surface area contributed by atoms with Gasteiger partial charge in [-0.3, -0.25) is 4.79 Å². The maximum absolute atomic E-state index is 12.3. The fourth-order valence-corrected chi connectivity index (χ4v) is 2.95. The lowest BCUT2D eigenvalue weighted by Crippen LogP contribution is -2.43.